The molecule has 0 unspecified atom stereocenters. The van der Waals surface area contributed by atoms with Crippen LogP contribution in [0.3, 0.4) is 0 Å². The summed E-state index contributed by atoms with van der Waals surface area (Å²) in [6.07, 6.45) is 0. The summed E-state index contributed by atoms with van der Waals surface area (Å²) in [6, 6.07) is 0. The van der Waals surface area contributed by atoms with Crippen LogP contribution in [0.4, 0.5) is 0 Å². The summed E-state index contributed by atoms with van der Waals surface area (Å²) in [4.78, 5) is 0. The molecule has 0 radical (unpaired) electrons. The average Bonchev–Trinajstić information content (AvgIpc) is 1.31. The summed E-state index contributed by atoms with van der Waals surface area (Å²) < 4.78 is -2.17. The number of rotatable bonds is 1. The summed E-state index contributed by atoms with van der Waals surface area (Å²) in [7, 11) is 0. The van der Waals surface area contributed by atoms with E-state index in [1.807, 2.05) is 0 Å². The van der Waals surface area contributed by atoms with Crippen molar-refractivity contribution in [2.75, 3.05) is 0 Å². The molecular weight excluding hydrogens is 233 g/mol. The third kappa shape index (κ3) is 4.17. The summed E-state index contributed by atoms with van der Waals surface area (Å²) in [5, 5.41) is 0. The van der Waals surface area contributed by atoms with Gasteiger partial charge in [0.25, 0.3) is 0 Å². The fraction of sp³-hybridized carbons (Fsp3) is 1.00. The Balaban J connectivity index is 3.54. The Morgan fingerprint density at radius 3 is 1.29 bits per heavy atom. The van der Waals surface area contributed by atoms with Crippen molar-refractivity contribution in [3.8, 4) is 0 Å². The molecule has 0 spiro atoms. The molecule has 0 atom stereocenters. The van der Waals surface area contributed by atoms with Crippen molar-refractivity contribution < 1.29 is 0 Å². The van der Waals surface area contributed by atoms with E-state index in [2.05, 4.69) is 11.4 Å². The van der Waals surface area contributed by atoms with E-state index in [0.717, 1.165) is 0 Å². The second-order valence-corrected chi connectivity index (χ2v) is 26.9. The van der Waals surface area contributed by atoms with Crippen LogP contribution in [-0.2, 0) is 0 Å². The van der Waals surface area contributed by atoms with Crippen molar-refractivity contribution in [1.82, 2.24) is 0 Å². The Labute approximate surface area is 62.9 Å². The van der Waals surface area contributed by atoms with Crippen LogP contribution in [0.1, 0.15) is 0 Å². The van der Waals surface area contributed by atoms with Gasteiger partial charge in [-0.05, 0) is 0 Å². The summed E-state index contributed by atoms with van der Waals surface area (Å²) in [5.41, 5.74) is 4.12. The van der Waals surface area contributed by atoms with Gasteiger partial charge in [0.2, 0.25) is 0 Å². The molecule has 0 aliphatic carbocycles. The van der Waals surface area contributed by atoms with Gasteiger partial charge in [0.05, 0.1) is 0 Å². The van der Waals surface area contributed by atoms with Gasteiger partial charge in [-0.2, -0.15) is 0 Å². The molecule has 5 heteroatoms. The number of hydrogen-bond acceptors (Lipinski definition) is 0. The quantitative estimate of drug-likeness (QED) is 0.487. The van der Waals surface area contributed by atoms with Crippen LogP contribution >= 0.6 is 33.2 Å². The van der Waals surface area contributed by atoms with Crippen LogP contribution in [0.5, 0.6) is 0 Å². The van der Waals surface area contributed by atoms with Crippen LogP contribution in [-0.4, -0.2) is 18.5 Å². The van der Waals surface area contributed by atoms with E-state index >= 15 is 0 Å². The molecule has 0 heterocycles. The van der Waals surface area contributed by atoms with Gasteiger partial charge in [-0.3, -0.25) is 0 Å². The fourth-order valence-electron chi connectivity index (χ4n) is 0. The van der Waals surface area contributed by atoms with Crippen LogP contribution < -0.4 is 0 Å². The predicted octanol–water partition coefficient (Wildman–Crippen LogP) is 2.47. The molecule has 0 N–H and O–H groups in total. The molecule has 0 aromatic heterocycles. The summed E-state index contributed by atoms with van der Waals surface area (Å²) in [6.45, 7) is 0. The summed E-state index contributed by atoms with van der Waals surface area (Å²) in [5.74, 6) is 0. The van der Waals surface area contributed by atoms with Gasteiger partial charge in [-0.15, -0.1) is 0 Å². The van der Waals surface area contributed by atoms with E-state index in [1.54, 1.807) is 0 Å². The van der Waals surface area contributed by atoms with Crippen molar-refractivity contribution in [2.45, 2.75) is 11.4 Å². The topological polar surface area (TPSA) is 0 Å². The molecule has 0 aliphatic heterocycles. The monoisotopic (exact) mass is 238 g/mol. The van der Waals surface area contributed by atoms with Crippen molar-refractivity contribution >= 4 is 51.7 Å². The summed E-state index contributed by atoms with van der Waals surface area (Å²) >= 11 is 15.8. The van der Waals surface area contributed by atoms with Gasteiger partial charge in [0.1, 0.15) is 0 Å². The van der Waals surface area contributed by atoms with E-state index in [9.17, 15) is 0 Å². The Kier molecular flexibility index (Phi) is 3.68. The number of hydrogen-bond donors (Lipinski definition) is 0. The van der Waals surface area contributed by atoms with Gasteiger partial charge in [-0.25, -0.2) is 0 Å². The second-order valence-electron chi connectivity index (χ2n) is 1.36. The molecule has 0 aliphatic rings. The zero-order valence-electron chi connectivity index (χ0n) is 4.08. The first kappa shape index (κ1) is 8.65. The first-order valence-corrected chi connectivity index (χ1v) is 13.2. The van der Waals surface area contributed by atoms with Crippen molar-refractivity contribution in [1.29, 1.82) is 0 Å². The normalized spacial score (nSPS) is 12.9. The van der Waals surface area contributed by atoms with Crippen molar-refractivity contribution in [3.05, 3.63) is 0 Å². The molecule has 44 valence electrons. The molecule has 0 bridgehead atoms. The molecular formula is C2H6AsCl3Si. The Hall–Kier alpha value is 1.65. The van der Waals surface area contributed by atoms with E-state index in [1.165, 1.54) is 0 Å². The Morgan fingerprint density at radius 1 is 1.14 bits per heavy atom. The maximum atomic E-state index is 5.60. The van der Waals surface area contributed by atoms with Gasteiger partial charge < -0.3 is 0 Å². The van der Waals surface area contributed by atoms with Crippen molar-refractivity contribution in [3.63, 3.8) is 0 Å². The SMILES string of the molecule is C[As](C)[Si](Cl)(Cl)Cl. The fourth-order valence-corrected chi connectivity index (χ4v) is 0. The molecule has 0 rings (SSSR count). The van der Waals surface area contributed by atoms with Gasteiger partial charge in [0.15, 0.2) is 0 Å². The van der Waals surface area contributed by atoms with Gasteiger partial charge >= 0.3 is 63.1 Å². The van der Waals surface area contributed by atoms with E-state index in [-0.39, 0.29) is 0 Å². The average molecular weight is 239 g/mol. The minimum atomic E-state index is -2.17. The first-order chi connectivity index (χ1) is 2.94. The zero-order valence-corrected chi connectivity index (χ0v) is 9.23. The second kappa shape index (κ2) is 2.98. The zero-order chi connectivity index (χ0) is 6.08. The van der Waals surface area contributed by atoms with E-state index in [0.29, 0.717) is 0 Å². The molecule has 7 heavy (non-hydrogen) atoms. The minimum absolute atomic E-state index is 0.981. The van der Waals surface area contributed by atoms with Gasteiger partial charge in [-0.1, -0.05) is 0 Å². The van der Waals surface area contributed by atoms with E-state index < -0.39 is 18.5 Å². The van der Waals surface area contributed by atoms with Crippen LogP contribution in [0.15, 0.2) is 0 Å². The first-order valence-electron chi connectivity index (χ1n) is 1.68. The predicted molar refractivity (Wildman–Crippen MR) is 40.8 cm³/mol. The van der Waals surface area contributed by atoms with Crippen LogP contribution in [0, 0.1) is 0 Å². The molecule has 0 aromatic carbocycles. The number of halogens is 3. The standard InChI is InChI=1S/C2H6AsCl3Si/c1-3(2)7(4,5)6/h1-2H3. The van der Waals surface area contributed by atoms with Gasteiger partial charge in [0, 0.05) is 0 Å². The van der Waals surface area contributed by atoms with E-state index in [4.69, 9.17) is 33.2 Å². The Bertz CT molecular complexity index is 58.4. The molecule has 0 saturated carbocycles. The maximum absolute atomic E-state index is 5.60. The third-order valence-electron chi connectivity index (χ3n) is 0.507. The molecule has 0 amide bonds. The molecule has 0 saturated heterocycles. The van der Waals surface area contributed by atoms with Crippen LogP contribution in [0.2, 0.25) is 11.4 Å². The molecule has 0 fully saturated rings. The van der Waals surface area contributed by atoms with Crippen LogP contribution in [0.25, 0.3) is 0 Å². The van der Waals surface area contributed by atoms with Crippen molar-refractivity contribution in [2.24, 2.45) is 0 Å². The molecule has 0 aromatic rings. The third-order valence-corrected chi connectivity index (χ3v) is 23.7. The molecule has 0 nitrogen and oxygen atoms in total. The Morgan fingerprint density at radius 2 is 1.29 bits per heavy atom.